The van der Waals surface area contributed by atoms with Crippen LogP contribution < -0.4 is 10.1 Å². The third kappa shape index (κ3) is 4.70. The second-order valence-electron chi connectivity index (χ2n) is 11.7. The quantitative estimate of drug-likeness (QED) is 0.597. The number of hydrogen-bond donors (Lipinski definition) is 1. The Morgan fingerprint density at radius 2 is 1.74 bits per heavy atom. The van der Waals surface area contributed by atoms with Gasteiger partial charge in [0.15, 0.2) is 0 Å². The van der Waals surface area contributed by atoms with Crippen LogP contribution in [0.1, 0.15) is 80.6 Å². The first-order chi connectivity index (χ1) is 18.4. The van der Waals surface area contributed by atoms with E-state index < -0.39 is 11.9 Å². The van der Waals surface area contributed by atoms with Crippen molar-refractivity contribution in [1.29, 1.82) is 0 Å². The Morgan fingerprint density at radius 3 is 2.53 bits per heavy atom. The van der Waals surface area contributed by atoms with Gasteiger partial charge in [0.1, 0.15) is 17.9 Å². The maximum absolute atomic E-state index is 13.0. The van der Waals surface area contributed by atoms with Gasteiger partial charge in [-0.25, -0.2) is 0 Å². The lowest BCUT2D eigenvalue weighted by Crippen LogP contribution is -2.63. The molecule has 2 unspecified atom stereocenters. The molecule has 0 radical (unpaired) electrons. The van der Waals surface area contributed by atoms with Crippen molar-refractivity contribution in [3.05, 3.63) is 29.3 Å². The monoisotopic (exact) mass is 522 g/mol. The molecule has 0 aromatic heterocycles. The number of carbonyl (C=O) groups excluding carboxylic acids is 4. The molecule has 4 fully saturated rings. The molecule has 9 heteroatoms. The Balaban J connectivity index is 1.10. The van der Waals surface area contributed by atoms with Crippen LogP contribution in [0.5, 0.6) is 5.75 Å². The molecule has 1 saturated carbocycles. The summed E-state index contributed by atoms with van der Waals surface area (Å²) in [6, 6.07) is 5.78. The van der Waals surface area contributed by atoms with E-state index in [1.54, 1.807) is 11.8 Å². The Morgan fingerprint density at radius 1 is 0.974 bits per heavy atom. The summed E-state index contributed by atoms with van der Waals surface area (Å²) in [6.45, 7) is 5.01. The van der Waals surface area contributed by atoms with Crippen LogP contribution in [0.15, 0.2) is 18.2 Å². The van der Waals surface area contributed by atoms with Crippen molar-refractivity contribution >= 4 is 23.6 Å². The summed E-state index contributed by atoms with van der Waals surface area (Å²) in [5.74, 6) is 0.688. The van der Waals surface area contributed by atoms with Crippen molar-refractivity contribution < 1.29 is 23.9 Å². The molecule has 5 aliphatic rings. The largest absolute Gasteiger partial charge is 0.489 e. The van der Waals surface area contributed by atoms with Gasteiger partial charge in [-0.05, 0) is 68.7 Å². The molecule has 4 aliphatic heterocycles. The fraction of sp³-hybridized carbons (Fsp3) is 0.655. The maximum atomic E-state index is 13.0. The zero-order valence-electron chi connectivity index (χ0n) is 22.2. The smallest absolute Gasteiger partial charge is 0.255 e. The summed E-state index contributed by atoms with van der Waals surface area (Å²) in [5, 5.41) is 2.36. The SMILES string of the molecule is CC(=O)N1CCCCC1C1CN([C@@H]2CCCC[C@@H]2Oc2ccc3c(c2)CN(C2CCC(=O)NC2=O)C3=O)C1. The number of nitrogens with zero attached hydrogens (tertiary/aromatic N) is 3. The molecule has 38 heavy (non-hydrogen) atoms. The highest BCUT2D eigenvalue weighted by Gasteiger charge is 2.44. The summed E-state index contributed by atoms with van der Waals surface area (Å²) < 4.78 is 6.58. The topological polar surface area (TPSA) is 99.3 Å². The Hall–Kier alpha value is -2.94. The Kier molecular flexibility index (Phi) is 6.88. The summed E-state index contributed by atoms with van der Waals surface area (Å²) in [4.78, 5) is 55.3. The van der Waals surface area contributed by atoms with E-state index in [2.05, 4.69) is 15.1 Å². The molecule has 204 valence electrons. The van der Waals surface area contributed by atoms with E-state index in [0.717, 1.165) is 63.1 Å². The van der Waals surface area contributed by atoms with Gasteiger partial charge in [0, 0.05) is 63.1 Å². The molecule has 1 aromatic rings. The molecule has 1 aromatic carbocycles. The number of benzene rings is 1. The lowest BCUT2D eigenvalue weighted by atomic mass is 9.81. The van der Waals surface area contributed by atoms with Gasteiger partial charge < -0.3 is 14.5 Å². The van der Waals surface area contributed by atoms with Crippen LogP contribution in [0.25, 0.3) is 0 Å². The second-order valence-corrected chi connectivity index (χ2v) is 11.7. The highest BCUT2D eigenvalue weighted by Crippen LogP contribution is 2.37. The van der Waals surface area contributed by atoms with E-state index in [0.29, 0.717) is 36.5 Å². The first kappa shape index (κ1) is 25.3. The number of amides is 4. The van der Waals surface area contributed by atoms with Crippen LogP contribution in [0.3, 0.4) is 0 Å². The van der Waals surface area contributed by atoms with Gasteiger partial charge in [0.2, 0.25) is 17.7 Å². The van der Waals surface area contributed by atoms with E-state index in [1.165, 1.54) is 12.8 Å². The number of ether oxygens (including phenoxy) is 1. The highest BCUT2D eigenvalue weighted by molar-refractivity contribution is 6.05. The number of hydrogen-bond acceptors (Lipinski definition) is 6. The van der Waals surface area contributed by atoms with Crippen LogP contribution >= 0.6 is 0 Å². The minimum atomic E-state index is -0.609. The van der Waals surface area contributed by atoms with Gasteiger partial charge in [-0.1, -0.05) is 6.42 Å². The normalized spacial score (nSPS) is 30.6. The molecular formula is C29H38N4O5. The molecule has 4 atom stereocenters. The van der Waals surface area contributed by atoms with E-state index in [-0.39, 0.29) is 30.2 Å². The maximum Gasteiger partial charge on any atom is 0.255 e. The van der Waals surface area contributed by atoms with E-state index in [1.807, 2.05) is 18.2 Å². The minimum absolute atomic E-state index is 0.0985. The van der Waals surface area contributed by atoms with Crippen molar-refractivity contribution in [2.24, 2.45) is 5.92 Å². The van der Waals surface area contributed by atoms with Gasteiger partial charge in [0.25, 0.3) is 5.91 Å². The molecular weight excluding hydrogens is 484 g/mol. The summed E-state index contributed by atoms with van der Waals surface area (Å²) in [5.41, 5.74) is 1.48. The van der Waals surface area contributed by atoms with Crippen LogP contribution in [0.4, 0.5) is 0 Å². The number of nitrogens with one attached hydrogen (secondary N) is 1. The number of rotatable bonds is 5. The lowest BCUT2D eigenvalue weighted by Gasteiger charge is -2.53. The van der Waals surface area contributed by atoms with E-state index >= 15 is 0 Å². The molecule has 3 saturated heterocycles. The molecule has 4 heterocycles. The third-order valence-electron chi connectivity index (χ3n) is 9.36. The number of carbonyl (C=O) groups is 4. The van der Waals surface area contributed by atoms with Gasteiger partial charge in [-0.15, -0.1) is 0 Å². The van der Waals surface area contributed by atoms with E-state index in [9.17, 15) is 19.2 Å². The van der Waals surface area contributed by atoms with Crippen LogP contribution in [-0.4, -0.2) is 82.2 Å². The molecule has 1 N–H and O–H groups in total. The van der Waals surface area contributed by atoms with E-state index in [4.69, 9.17) is 4.74 Å². The highest BCUT2D eigenvalue weighted by atomic mass is 16.5. The van der Waals surface area contributed by atoms with Crippen molar-refractivity contribution in [2.45, 2.75) is 95.5 Å². The summed E-state index contributed by atoms with van der Waals surface area (Å²) in [6.07, 6.45) is 8.62. The number of imide groups is 1. The first-order valence-electron chi connectivity index (χ1n) is 14.3. The van der Waals surface area contributed by atoms with Crippen molar-refractivity contribution in [3.8, 4) is 5.75 Å². The van der Waals surface area contributed by atoms with Crippen molar-refractivity contribution in [3.63, 3.8) is 0 Å². The number of fused-ring (bicyclic) bond motifs is 1. The van der Waals surface area contributed by atoms with Gasteiger partial charge in [0.05, 0.1) is 0 Å². The Labute approximate surface area is 223 Å². The fourth-order valence-corrected chi connectivity index (χ4v) is 7.33. The second kappa shape index (κ2) is 10.3. The molecule has 6 rings (SSSR count). The fourth-order valence-electron chi connectivity index (χ4n) is 7.33. The molecule has 0 spiro atoms. The van der Waals surface area contributed by atoms with Gasteiger partial charge in [-0.2, -0.15) is 0 Å². The van der Waals surface area contributed by atoms with Crippen molar-refractivity contribution in [2.75, 3.05) is 19.6 Å². The number of likely N-dealkylation sites (tertiary alicyclic amines) is 2. The average Bonchev–Trinajstić information content (AvgIpc) is 3.19. The third-order valence-corrected chi connectivity index (χ3v) is 9.36. The average molecular weight is 523 g/mol. The van der Waals surface area contributed by atoms with Crippen LogP contribution in [-0.2, 0) is 20.9 Å². The first-order valence-corrected chi connectivity index (χ1v) is 14.3. The zero-order valence-corrected chi connectivity index (χ0v) is 22.2. The zero-order chi connectivity index (χ0) is 26.4. The van der Waals surface area contributed by atoms with Gasteiger partial charge in [-0.3, -0.25) is 29.4 Å². The molecule has 0 bridgehead atoms. The Bertz CT molecular complexity index is 1130. The predicted octanol–water partition coefficient (Wildman–Crippen LogP) is 2.47. The lowest BCUT2D eigenvalue weighted by molar-refractivity contribution is -0.138. The van der Waals surface area contributed by atoms with Crippen LogP contribution in [0.2, 0.25) is 0 Å². The predicted molar refractivity (Wildman–Crippen MR) is 139 cm³/mol. The molecule has 1 aliphatic carbocycles. The molecule has 9 nitrogen and oxygen atoms in total. The van der Waals surface area contributed by atoms with Crippen LogP contribution in [0, 0.1) is 5.92 Å². The standard InChI is InChI=1S/C29H38N4O5/c1-18(34)32-13-5-4-6-23(32)20-15-31(16-20)24-7-2-3-8-26(24)38-21-9-10-22-19(14-21)17-33(29(22)37)25-11-12-27(35)30-28(25)36/h9-10,14,20,23-26H,2-8,11-13,15-17H2,1H3,(H,30,35,36)/t23?,24-,25?,26+/m1/s1. The summed E-state index contributed by atoms with van der Waals surface area (Å²) >= 11 is 0. The molecule has 4 amide bonds. The minimum Gasteiger partial charge on any atom is -0.489 e. The van der Waals surface area contributed by atoms with Gasteiger partial charge >= 0.3 is 0 Å². The summed E-state index contributed by atoms with van der Waals surface area (Å²) in [7, 11) is 0. The van der Waals surface area contributed by atoms with Crippen molar-refractivity contribution in [1.82, 2.24) is 20.0 Å². The number of piperidine rings is 2.